The monoisotopic (exact) mass is 272 g/mol. The van der Waals surface area contributed by atoms with Crippen molar-refractivity contribution in [2.24, 2.45) is 0 Å². The van der Waals surface area contributed by atoms with Gasteiger partial charge in [-0.15, -0.1) is 0 Å². The summed E-state index contributed by atoms with van der Waals surface area (Å²) in [6.07, 6.45) is 0.616. The molecule has 0 spiro atoms. The molecule has 1 N–H and O–H groups in total. The summed E-state index contributed by atoms with van der Waals surface area (Å²) in [7, 11) is -0.186. The van der Waals surface area contributed by atoms with Crippen molar-refractivity contribution in [2.45, 2.75) is 13.3 Å². The molecule has 1 rings (SSSR count). The number of nitrogens with zero attached hydrogens (tertiary/aromatic N) is 1. The van der Waals surface area contributed by atoms with E-state index in [2.05, 4.69) is 4.72 Å². The molecular formula is C12H20N2O3S. The minimum atomic E-state index is -3.36. The van der Waals surface area contributed by atoms with Crippen LogP contribution < -0.4 is 9.46 Å². The number of nitrogens with one attached hydrogen (secondary N) is 1. The summed E-state index contributed by atoms with van der Waals surface area (Å²) < 4.78 is 32.4. The number of rotatable bonds is 7. The van der Waals surface area contributed by atoms with Gasteiger partial charge in [0.25, 0.3) is 10.2 Å². The average Bonchev–Trinajstić information content (AvgIpc) is 2.36. The first-order chi connectivity index (χ1) is 8.51. The number of hydrogen-bond acceptors (Lipinski definition) is 3. The van der Waals surface area contributed by atoms with Crippen molar-refractivity contribution in [3.63, 3.8) is 0 Å². The molecular weight excluding hydrogens is 252 g/mol. The third-order valence-corrected chi connectivity index (χ3v) is 4.28. The largest absolute Gasteiger partial charge is 0.496 e. The van der Waals surface area contributed by atoms with Crippen LogP contribution in [0.25, 0.3) is 0 Å². The predicted octanol–water partition coefficient (Wildman–Crippen LogP) is 1.02. The first-order valence-corrected chi connectivity index (χ1v) is 7.28. The highest BCUT2D eigenvalue weighted by Crippen LogP contribution is 2.18. The van der Waals surface area contributed by atoms with Gasteiger partial charge in [0.2, 0.25) is 0 Å². The van der Waals surface area contributed by atoms with Crippen LogP contribution in [0.2, 0.25) is 0 Å². The van der Waals surface area contributed by atoms with E-state index in [0.29, 0.717) is 19.5 Å². The maximum absolute atomic E-state index is 11.7. The van der Waals surface area contributed by atoms with E-state index in [0.717, 1.165) is 11.3 Å². The van der Waals surface area contributed by atoms with Crippen molar-refractivity contribution in [3.8, 4) is 5.75 Å². The molecule has 0 bridgehead atoms. The van der Waals surface area contributed by atoms with Crippen LogP contribution in [0.15, 0.2) is 24.3 Å². The lowest BCUT2D eigenvalue weighted by Crippen LogP contribution is -2.39. The highest BCUT2D eigenvalue weighted by atomic mass is 32.2. The average molecular weight is 272 g/mol. The second-order valence-electron chi connectivity index (χ2n) is 3.89. The van der Waals surface area contributed by atoms with Crippen LogP contribution in [-0.2, 0) is 16.6 Å². The Labute approximate surface area is 109 Å². The molecule has 0 aliphatic carbocycles. The molecule has 0 fully saturated rings. The van der Waals surface area contributed by atoms with Gasteiger partial charge in [0.1, 0.15) is 5.75 Å². The van der Waals surface area contributed by atoms with E-state index in [1.54, 1.807) is 21.1 Å². The minimum Gasteiger partial charge on any atom is -0.496 e. The lowest BCUT2D eigenvalue weighted by atomic mass is 10.1. The molecule has 0 radical (unpaired) electrons. The van der Waals surface area contributed by atoms with Gasteiger partial charge >= 0.3 is 0 Å². The van der Waals surface area contributed by atoms with E-state index in [4.69, 9.17) is 4.74 Å². The Morgan fingerprint density at radius 1 is 1.33 bits per heavy atom. The van der Waals surface area contributed by atoms with Crippen LogP contribution in [0.3, 0.4) is 0 Å². The fourth-order valence-corrected chi connectivity index (χ4v) is 2.52. The van der Waals surface area contributed by atoms with Gasteiger partial charge in [-0.05, 0) is 18.1 Å². The second kappa shape index (κ2) is 6.72. The lowest BCUT2D eigenvalue weighted by Gasteiger charge is -2.17. The molecule has 0 amide bonds. The maximum atomic E-state index is 11.7. The standard InChI is InChI=1S/C12H20N2O3S/c1-4-13-18(15,16)14(2)10-9-11-7-5-6-8-12(11)17-3/h5-8,13H,4,9-10H2,1-3H3. The Balaban J connectivity index is 2.65. The van der Waals surface area contributed by atoms with Gasteiger partial charge in [0, 0.05) is 20.1 Å². The van der Waals surface area contributed by atoms with Crippen molar-refractivity contribution in [2.75, 3.05) is 27.2 Å². The Morgan fingerprint density at radius 2 is 2.00 bits per heavy atom. The number of likely N-dealkylation sites (N-methyl/N-ethyl adjacent to an activating group) is 1. The number of hydrogen-bond donors (Lipinski definition) is 1. The Morgan fingerprint density at radius 3 is 2.61 bits per heavy atom. The van der Waals surface area contributed by atoms with E-state index in [1.807, 2.05) is 24.3 Å². The smallest absolute Gasteiger partial charge is 0.279 e. The summed E-state index contributed by atoms with van der Waals surface area (Å²) >= 11 is 0. The zero-order valence-electron chi connectivity index (χ0n) is 11.0. The Kier molecular flexibility index (Phi) is 5.58. The fraction of sp³-hybridized carbons (Fsp3) is 0.500. The van der Waals surface area contributed by atoms with E-state index in [1.165, 1.54) is 4.31 Å². The molecule has 1 aromatic carbocycles. The third kappa shape index (κ3) is 3.97. The molecule has 102 valence electrons. The second-order valence-corrected chi connectivity index (χ2v) is 5.75. The van der Waals surface area contributed by atoms with Gasteiger partial charge in [0.05, 0.1) is 7.11 Å². The quantitative estimate of drug-likeness (QED) is 0.806. The highest BCUT2D eigenvalue weighted by molar-refractivity contribution is 7.87. The summed E-state index contributed by atoms with van der Waals surface area (Å²) in [5, 5.41) is 0. The molecule has 0 aromatic heterocycles. The highest BCUT2D eigenvalue weighted by Gasteiger charge is 2.16. The number of ether oxygens (including phenoxy) is 1. The molecule has 0 saturated heterocycles. The molecule has 0 atom stereocenters. The summed E-state index contributed by atoms with van der Waals surface area (Å²) in [6.45, 7) is 2.56. The molecule has 18 heavy (non-hydrogen) atoms. The minimum absolute atomic E-state index is 0.390. The zero-order chi connectivity index (χ0) is 13.6. The topological polar surface area (TPSA) is 58.6 Å². The van der Waals surface area contributed by atoms with Crippen LogP contribution in [0.1, 0.15) is 12.5 Å². The van der Waals surface area contributed by atoms with Gasteiger partial charge in [-0.3, -0.25) is 0 Å². The van der Waals surface area contributed by atoms with Crippen LogP contribution in [-0.4, -0.2) is 40.0 Å². The van der Waals surface area contributed by atoms with Crippen LogP contribution in [0.5, 0.6) is 5.75 Å². The van der Waals surface area contributed by atoms with Crippen molar-refractivity contribution in [3.05, 3.63) is 29.8 Å². The van der Waals surface area contributed by atoms with Crippen molar-refractivity contribution >= 4 is 10.2 Å². The van der Waals surface area contributed by atoms with E-state index < -0.39 is 10.2 Å². The molecule has 1 aromatic rings. The number of para-hydroxylation sites is 1. The maximum Gasteiger partial charge on any atom is 0.279 e. The third-order valence-electron chi connectivity index (χ3n) is 2.63. The van der Waals surface area contributed by atoms with Crippen molar-refractivity contribution in [1.82, 2.24) is 9.03 Å². The first kappa shape index (κ1) is 14.9. The molecule has 0 aliphatic heterocycles. The first-order valence-electron chi connectivity index (χ1n) is 5.84. The normalized spacial score (nSPS) is 11.8. The SMILES string of the molecule is CCNS(=O)(=O)N(C)CCc1ccccc1OC. The lowest BCUT2D eigenvalue weighted by molar-refractivity contribution is 0.405. The van der Waals surface area contributed by atoms with E-state index in [-0.39, 0.29) is 0 Å². The van der Waals surface area contributed by atoms with Gasteiger partial charge in [-0.25, -0.2) is 4.72 Å². The Hall–Kier alpha value is -1.11. The summed E-state index contributed by atoms with van der Waals surface area (Å²) in [5.74, 6) is 0.784. The van der Waals surface area contributed by atoms with E-state index >= 15 is 0 Å². The molecule has 0 heterocycles. The molecule has 0 saturated carbocycles. The number of benzene rings is 1. The van der Waals surface area contributed by atoms with Crippen LogP contribution in [0.4, 0.5) is 0 Å². The molecule has 5 nitrogen and oxygen atoms in total. The van der Waals surface area contributed by atoms with Gasteiger partial charge in [-0.2, -0.15) is 12.7 Å². The van der Waals surface area contributed by atoms with Crippen molar-refractivity contribution in [1.29, 1.82) is 0 Å². The van der Waals surface area contributed by atoms with Gasteiger partial charge in [-0.1, -0.05) is 25.1 Å². The van der Waals surface area contributed by atoms with E-state index in [9.17, 15) is 8.42 Å². The van der Waals surface area contributed by atoms with Crippen molar-refractivity contribution < 1.29 is 13.2 Å². The Bertz CT molecular complexity index is 474. The van der Waals surface area contributed by atoms with Gasteiger partial charge < -0.3 is 4.74 Å². The fourth-order valence-electron chi connectivity index (χ4n) is 1.60. The van der Waals surface area contributed by atoms with Crippen LogP contribution in [0, 0.1) is 0 Å². The van der Waals surface area contributed by atoms with Crippen LogP contribution >= 0.6 is 0 Å². The zero-order valence-corrected chi connectivity index (χ0v) is 11.8. The summed E-state index contributed by atoms with van der Waals surface area (Å²) in [5.41, 5.74) is 0.999. The van der Waals surface area contributed by atoms with Gasteiger partial charge in [0.15, 0.2) is 0 Å². The predicted molar refractivity (Wildman–Crippen MR) is 71.9 cm³/mol. The summed E-state index contributed by atoms with van der Waals surface area (Å²) in [4.78, 5) is 0. The molecule has 6 heteroatoms. The summed E-state index contributed by atoms with van der Waals surface area (Å²) in [6, 6.07) is 7.61. The molecule has 0 aliphatic rings. The molecule has 0 unspecified atom stereocenters. The number of methoxy groups -OCH3 is 1.